The first kappa shape index (κ1) is 23.2. The summed E-state index contributed by atoms with van der Waals surface area (Å²) in [6.07, 6.45) is 0. The number of carbonyl (C=O) groups is 2. The molecule has 0 N–H and O–H groups in total. The molecule has 11 heteroatoms. The summed E-state index contributed by atoms with van der Waals surface area (Å²) in [4.78, 5) is 47.4. The number of benzene rings is 3. The van der Waals surface area contributed by atoms with Crippen LogP contribution in [0.15, 0.2) is 73.9 Å². The minimum absolute atomic E-state index is 0.0120. The van der Waals surface area contributed by atoms with Crippen molar-refractivity contribution in [3.63, 3.8) is 0 Å². The predicted octanol–water partition coefficient (Wildman–Crippen LogP) is 6.45. The van der Waals surface area contributed by atoms with E-state index in [9.17, 15) is 19.4 Å². The van der Waals surface area contributed by atoms with E-state index in [0.717, 1.165) is 0 Å². The topological polar surface area (TPSA) is 121 Å². The molecule has 0 amide bonds. The maximum atomic E-state index is 12.7. The normalized spacial score (nSPS) is 10.2. The molecule has 0 aliphatic heterocycles. The number of hydrogen-bond donors (Lipinski definition) is 0. The Hall–Kier alpha value is -3.44. The van der Waals surface area contributed by atoms with Crippen LogP contribution in [0.2, 0.25) is 0 Å². The molecule has 0 aromatic heterocycles. The molecule has 0 saturated carbocycles. The Labute approximate surface area is 197 Å². The second kappa shape index (κ2) is 10.2. The second-order valence-corrected chi connectivity index (χ2v) is 7.93. The highest BCUT2D eigenvalue weighted by atomic mass is 79.9. The van der Waals surface area contributed by atoms with Gasteiger partial charge in [0, 0.05) is 8.95 Å². The zero-order valence-corrected chi connectivity index (χ0v) is 19.4. The van der Waals surface area contributed by atoms with Gasteiger partial charge >= 0.3 is 11.9 Å². The zero-order chi connectivity index (χ0) is 23.3. The van der Waals surface area contributed by atoms with E-state index < -0.39 is 11.9 Å². The van der Waals surface area contributed by atoms with E-state index in [1.165, 1.54) is 49.6 Å². The SMILES string of the molecule is COc1ccc(C(=O)Oc2ccc(Br)cc2N=O)cc1C(=O)Oc1ccc(Br)cc1N=O. The van der Waals surface area contributed by atoms with Crippen LogP contribution in [-0.2, 0) is 0 Å². The van der Waals surface area contributed by atoms with Gasteiger partial charge in [-0.2, -0.15) is 0 Å². The van der Waals surface area contributed by atoms with Gasteiger partial charge in [-0.25, -0.2) is 9.59 Å². The van der Waals surface area contributed by atoms with Crippen molar-refractivity contribution in [1.29, 1.82) is 0 Å². The molecule has 9 nitrogen and oxygen atoms in total. The Kier molecular flexibility index (Phi) is 7.44. The third kappa shape index (κ3) is 5.24. The molecule has 3 aromatic carbocycles. The van der Waals surface area contributed by atoms with Gasteiger partial charge in [-0.05, 0) is 65.0 Å². The summed E-state index contributed by atoms with van der Waals surface area (Å²) < 4.78 is 16.9. The van der Waals surface area contributed by atoms with Crippen LogP contribution in [0.3, 0.4) is 0 Å². The van der Waals surface area contributed by atoms with Crippen LogP contribution >= 0.6 is 31.9 Å². The van der Waals surface area contributed by atoms with Crippen molar-refractivity contribution in [3.05, 3.63) is 84.5 Å². The molecule has 0 fully saturated rings. The molecule has 0 aliphatic rings. The van der Waals surface area contributed by atoms with Crippen LogP contribution in [-0.4, -0.2) is 19.0 Å². The Bertz CT molecular complexity index is 1230. The monoisotopic (exact) mass is 562 g/mol. The Morgan fingerprint density at radius 3 is 1.72 bits per heavy atom. The van der Waals surface area contributed by atoms with E-state index in [2.05, 4.69) is 42.2 Å². The lowest BCUT2D eigenvalue weighted by Gasteiger charge is -2.11. The van der Waals surface area contributed by atoms with Gasteiger partial charge in [0.05, 0.1) is 12.7 Å². The summed E-state index contributed by atoms with van der Waals surface area (Å²) in [6.45, 7) is 0. The lowest BCUT2D eigenvalue weighted by Crippen LogP contribution is -2.14. The average Bonchev–Trinajstić information content (AvgIpc) is 2.80. The first-order valence-corrected chi connectivity index (χ1v) is 10.3. The molecule has 0 atom stereocenters. The minimum atomic E-state index is -0.886. The molecular weight excluding hydrogens is 552 g/mol. The smallest absolute Gasteiger partial charge is 0.347 e. The van der Waals surface area contributed by atoms with Crippen molar-refractivity contribution >= 4 is 55.2 Å². The highest BCUT2D eigenvalue weighted by molar-refractivity contribution is 9.10. The van der Waals surface area contributed by atoms with Crippen molar-refractivity contribution in [2.75, 3.05) is 7.11 Å². The number of halogens is 2. The molecule has 3 aromatic rings. The molecule has 0 saturated heterocycles. The predicted molar refractivity (Wildman–Crippen MR) is 122 cm³/mol. The minimum Gasteiger partial charge on any atom is -0.496 e. The number of nitrogens with zero attached hydrogens (tertiary/aromatic N) is 2. The molecule has 0 heterocycles. The Balaban J connectivity index is 1.90. The van der Waals surface area contributed by atoms with Crippen molar-refractivity contribution in [2.45, 2.75) is 0 Å². The van der Waals surface area contributed by atoms with Crippen molar-refractivity contribution in [3.8, 4) is 17.2 Å². The number of methoxy groups -OCH3 is 1. The van der Waals surface area contributed by atoms with Gasteiger partial charge in [0.15, 0.2) is 22.9 Å². The lowest BCUT2D eigenvalue weighted by molar-refractivity contribution is 0.0732. The van der Waals surface area contributed by atoms with Crippen molar-refractivity contribution in [1.82, 2.24) is 0 Å². The average molecular weight is 564 g/mol. The van der Waals surface area contributed by atoms with Crippen LogP contribution in [0.5, 0.6) is 17.2 Å². The lowest BCUT2D eigenvalue weighted by atomic mass is 10.1. The molecule has 32 heavy (non-hydrogen) atoms. The zero-order valence-electron chi connectivity index (χ0n) is 16.2. The molecule has 0 aliphatic carbocycles. The summed E-state index contributed by atoms with van der Waals surface area (Å²) in [5, 5.41) is 5.67. The van der Waals surface area contributed by atoms with E-state index in [4.69, 9.17) is 14.2 Å². The van der Waals surface area contributed by atoms with Gasteiger partial charge in [0.1, 0.15) is 11.3 Å². The van der Waals surface area contributed by atoms with Gasteiger partial charge in [-0.1, -0.05) is 31.9 Å². The molecule has 0 bridgehead atoms. The van der Waals surface area contributed by atoms with E-state index in [1.807, 2.05) is 0 Å². The van der Waals surface area contributed by atoms with Gasteiger partial charge < -0.3 is 14.2 Å². The number of nitroso groups, excluding NO2 is 2. The highest BCUT2D eigenvalue weighted by Crippen LogP contribution is 2.33. The van der Waals surface area contributed by atoms with Crippen molar-refractivity contribution in [2.24, 2.45) is 10.4 Å². The van der Waals surface area contributed by atoms with Gasteiger partial charge in [0.2, 0.25) is 0 Å². The number of ether oxygens (including phenoxy) is 3. The third-order valence-corrected chi connectivity index (χ3v) is 5.09. The Morgan fingerprint density at radius 1 is 0.719 bits per heavy atom. The van der Waals surface area contributed by atoms with Crippen molar-refractivity contribution < 1.29 is 23.8 Å². The quantitative estimate of drug-likeness (QED) is 0.184. The first-order valence-electron chi connectivity index (χ1n) is 8.74. The number of hydrogen-bond acceptors (Lipinski definition) is 9. The van der Waals surface area contributed by atoms with Crippen LogP contribution in [0.4, 0.5) is 11.4 Å². The fourth-order valence-electron chi connectivity index (χ4n) is 2.60. The van der Waals surface area contributed by atoms with Crippen LogP contribution in [0.1, 0.15) is 20.7 Å². The number of esters is 2. The molecule has 0 unspecified atom stereocenters. The van der Waals surface area contributed by atoms with E-state index >= 15 is 0 Å². The van der Waals surface area contributed by atoms with Crippen LogP contribution in [0, 0.1) is 9.81 Å². The summed E-state index contributed by atoms with van der Waals surface area (Å²) in [7, 11) is 1.34. The molecule has 3 rings (SSSR count). The third-order valence-electron chi connectivity index (χ3n) is 4.10. The van der Waals surface area contributed by atoms with Gasteiger partial charge in [-0.3, -0.25) is 0 Å². The maximum Gasteiger partial charge on any atom is 0.347 e. The fraction of sp³-hybridized carbons (Fsp3) is 0.0476. The summed E-state index contributed by atoms with van der Waals surface area (Å²) in [5.74, 6) is -1.72. The molecular formula is C21H12Br2N2O7. The largest absolute Gasteiger partial charge is 0.496 e. The standard InChI is InChI=1S/C21H12Br2N2O7/c1-30-17-5-2-11(20(26)31-18-6-3-12(22)9-15(18)24-28)8-14(17)21(27)32-19-7-4-13(23)10-16(19)25-29/h2-10H,1H3. The molecule has 162 valence electrons. The summed E-state index contributed by atoms with van der Waals surface area (Å²) in [5.41, 5.74) is -0.273. The molecule has 0 spiro atoms. The van der Waals surface area contributed by atoms with E-state index in [0.29, 0.717) is 8.95 Å². The number of carbonyl (C=O) groups excluding carboxylic acids is 2. The number of rotatable bonds is 7. The highest BCUT2D eigenvalue weighted by Gasteiger charge is 2.21. The Morgan fingerprint density at radius 2 is 1.22 bits per heavy atom. The second-order valence-electron chi connectivity index (χ2n) is 6.10. The summed E-state index contributed by atoms with van der Waals surface area (Å²) >= 11 is 6.40. The van der Waals surface area contributed by atoms with Crippen LogP contribution in [0.25, 0.3) is 0 Å². The van der Waals surface area contributed by atoms with E-state index in [1.54, 1.807) is 12.1 Å². The van der Waals surface area contributed by atoms with Crippen LogP contribution < -0.4 is 14.2 Å². The fourth-order valence-corrected chi connectivity index (χ4v) is 3.30. The van der Waals surface area contributed by atoms with Gasteiger partial charge in [-0.15, -0.1) is 9.81 Å². The van der Waals surface area contributed by atoms with Gasteiger partial charge in [0.25, 0.3) is 0 Å². The van der Waals surface area contributed by atoms with E-state index in [-0.39, 0.29) is 39.8 Å². The summed E-state index contributed by atoms with van der Waals surface area (Å²) in [6, 6.07) is 12.7. The maximum absolute atomic E-state index is 12.7. The first-order chi connectivity index (χ1) is 15.4. The molecule has 0 radical (unpaired) electrons.